The van der Waals surface area contributed by atoms with Crippen molar-refractivity contribution in [3.05, 3.63) is 27.8 Å². The van der Waals surface area contributed by atoms with Crippen molar-refractivity contribution in [1.29, 1.82) is 0 Å². The fourth-order valence-corrected chi connectivity index (χ4v) is 5.24. The number of methoxy groups -OCH3 is 1. The molecule has 9 heteroatoms. The molecule has 0 atom stereocenters. The van der Waals surface area contributed by atoms with Gasteiger partial charge in [-0.3, -0.25) is 9.48 Å². The molecule has 0 fully saturated rings. The van der Waals surface area contributed by atoms with Crippen molar-refractivity contribution >= 4 is 28.2 Å². The van der Waals surface area contributed by atoms with Crippen molar-refractivity contribution in [2.75, 3.05) is 19.0 Å². The van der Waals surface area contributed by atoms with Crippen LogP contribution in [0.25, 0.3) is 0 Å². The lowest BCUT2D eigenvalue weighted by molar-refractivity contribution is 0.0526. The number of rotatable bonds is 5. The summed E-state index contributed by atoms with van der Waals surface area (Å²) < 4.78 is 12.0. The minimum atomic E-state index is -0.424. The number of nitrogens with one attached hydrogen (secondary N) is 2. The second-order valence-electron chi connectivity index (χ2n) is 8.32. The summed E-state index contributed by atoms with van der Waals surface area (Å²) in [5.74, 6) is -0.580. The molecule has 0 unspecified atom stereocenters. The quantitative estimate of drug-likeness (QED) is 0.722. The first-order chi connectivity index (χ1) is 13.5. The normalized spacial score (nSPS) is 16.8. The zero-order valence-corrected chi connectivity index (χ0v) is 18.7. The van der Waals surface area contributed by atoms with E-state index in [0.29, 0.717) is 22.5 Å². The van der Waals surface area contributed by atoms with E-state index >= 15 is 0 Å². The lowest BCUT2D eigenvalue weighted by atomic mass is 9.81. The molecule has 29 heavy (non-hydrogen) atoms. The van der Waals surface area contributed by atoms with E-state index in [1.807, 2.05) is 0 Å². The predicted octanol–water partition coefficient (Wildman–Crippen LogP) is 3.08. The molecule has 8 nitrogen and oxygen atoms in total. The molecule has 1 amide bonds. The van der Waals surface area contributed by atoms with Gasteiger partial charge in [-0.05, 0) is 46.6 Å². The molecule has 0 saturated carbocycles. The van der Waals surface area contributed by atoms with Gasteiger partial charge in [0, 0.05) is 29.2 Å². The van der Waals surface area contributed by atoms with Gasteiger partial charge in [0.05, 0.1) is 19.3 Å². The maximum absolute atomic E-state index is 12.9. The number of hydrogen-bond acceptors (Lipinski definition) is 7. The Kier molecular flexibility index (Phi) is 5.48. The van der Waals surface area contributed by atoms with Gasteiger partial charge in [0.2, 0.25) is 5.88 Å². The highest BCUT2D eigenvalue weighted by Crippen LogP contribution is 2.45. The topological polar surface area (TPSA) is 94.5 Å². The van der Waals surface area contributed by atoms with E-state index in [1.165, 1.54) is 23.1 Å². The number of fused-ring (bicyclic) bond motifs is 1. The molecule has 0 saturated heterocycles. The Morgan fingerprint density at radius 3 is 2.66 bits per heavy atom. The SMILES string of the molecule is CCOC(=O)c1c(NC(=O)c2cn(C)nc2OC)sc2c1CC(C)(C)NC2(C)C. The monoisotopic (exact) mass is 420 g/mol. The molecule has 0 radical (unpaired) electrons. The van der Waals surface area contributed by atoms with Gasteiger partial charge in [-0.15, -0.1) is 16.4 Å². The number of carbonyl (C=O) groups excluding carboxylic acids is 2. The van der Waals surface area contributed by atoms with E-state index in [1.54, 1.807) is 20.2 Å². The van der Waals surface area contributed by atoms with Gasteiger partial charge in [0.25, 0.3) is 5.91 Å². The zero-order chi connectivity index (χ0) is 21.6. The molecule has 3 heterocycles. The molecule has 0 aliphatic carbocycles. The molecule has 0 bridgehead atoms. The standard InChI is InChI=1S/C20H28N4O4S/c1-8-28-18(26)13-11-9-19(2,3)23-20(4,5)14(11)29-17(13)21-15(25)12-10-24(6)22-16(12)27-7/h10,23H,8-9H2,1-7H3,(H,21,25). The highest BCUT2D eigenvalue weighted by Gasteiger charge is 2.42. The Labute approximate surface area is 174 Å². The van der Waals surface area contributed by atoms with Crippen molar-refractivity contribution in [3.8, 4) is 5.88 Å². The molecule has 0 spiro atoms. The summed E-state index contributed by atoms with van der Waals surface area (Å²) >= 11 is 1.40. The van der Waals surface area contributed by atoms with Gasteiger partial charge in [0.1, 0.15) is 10.6 Å². The second kappa shape index (κ2) is 7.46. The van der Waals surface area contributed by atoms with Crippen LogP contribution in [0.15, 0.2) is 6.20 Å². The molecule has 1 aliphatic heterocycles. The molecular formula is C20H28N4O4S. The van der Waals surface area contributed by atoms with Gasteiger partial charge in [-0.1, -0.05) is 0 Å². The molecule has 0 aromatic carbocycles. The maximum atomic E-state index is 12.9. The van der Waals surface area contributed by atoms with Crippen LogP contribution < -0.4 is 15.4 Å². The first-order valence-electron chi connectivity index (χ1n) is 9.50. The summed E-state index contributed by atoms with van der Waals surface area (Å²) in [6, 6.07) is 0. The summed E-state index contributed by atoms with van der Waals surface area (Å²) in [5.41, 5.74) is 1.11. The van der Waals surface area contributed by atoms with Gasteiger partial charge in [-0.2, -0.15) is 0 Å². The number of amides is 1. The van der Waals surface area contributed by atoms with E-state index in [0.717, 1.165) is 10.4 Å². The third kappa shape index (κ3) is 4.02. The number of esters is 1. The maximum Gasteiger partial charge on any atom is 0.341 e. The van der Waals surface area contributed by atoms with E-state index in [4.69, 9.17) is 9.47 Å². The van der Waals surface area contributed by atoms with Crippen LogP contribution in [-0.4, -0.2) is 40.9 Å². The summed E-state index contributed by atoms with van der Waals surface area (Å²) in [7, 11) is 3.17. The fraction of sp³-hybridized carbons (Fsp3) is 0.550. The Morgan fingerprint density at radius 1 is 1.34 bits per heavy atom. The minimum absolute atomic E-state index is 0.202. The van der Waals surface area contributed by atoms with Crippen molar-refractivity contribution in [1.82, 2.24) is 15.1 Å². The van der Waals surface area contributed by atoms with Gasteiger partial charge in [0.15, 0.2) is 0 Å². The van der Waals surface area contributed by atoms with Gasteiger partial charge in [-0.25, -0.2) is 4.79 Å². The average molecular weight is 421 g/mol. The Hall–Kier alpha value is -2.39. The summed E-state index contributed by atoms with van der Waals surface area (Å²) in [6.07, 6.45) is 2.24. The number of hydrogen-bond donors (Lipinski definition) is 2. The lowest BCUT2D eigenvalue weighted by Gasteiger charge is -2.42. The fourth-order valence-electron chi connectivity index (χ4n) is 3.98. The third-order valence-electron chi connectivity index (χ3n) is 4.78. The molecule has 1 aliphatic rings. The second-order valence-corrected chi connectivity index (χ2v) is 9.35. The Bertz CT molecular complexity index is 958. The number of aryl methyl sites for hydroxylation is 1. The summed E-state index contributed by atoms with van der Waals surface area (Å²) in [5, 5.41) is 11.1. The molecule has 158 valence electrons. The van der Waals surface area contributed by atoms with E-state index in [9.17, 15) is 9.59 Å². The van der Waals surface area contributed by atoms with E-state index in [-0.39, 0.29) is 29.5 Å². The molecule has 2 aromatic rings. The van der Waals surface area contributed by atoms with Crippen LogP contribution in [0.4, 0.5) is 5.00 Å². The largest absolute Gasteiger partial charge is 0.479 e. The predicted molar refractivity (Wildman–Crippen MR) is 112 cm³/mol. The number of anilines is 1. The van der Waals surface area contributed by atoms with E-state index < -0.39 is 5.97 Å². The number of thiophene rings is 1. The average Bonchev–Trinajstić information content (AvgIpc) is 3.14. The highest BCUT2D eigenvalue weighted by molar-refractivity contribution is 7.17. The molecule has 2 aromatic heterocycles. The van der Waals surface area contributed by atoms with E-state index in [2.05, 4.69) is 43.4 Å². The Balaban J connectivity index is 2.08. The van der Waals surface area contributed by atoms with Crippen molar-refractivity contribution in [3.63, 3.8) is 0 Å². The number of carbonyl (C=O) groups is 2. The molecule has 3 rings (SSSR count). The van der Waals surface area contributed by atoms with Gasteiger partial charge < -0.3 is 20.1 Å². The smallest absolute Gasteiger partial charge is 0.341 e. The van der Waals surface area contributed by atoms with Crippen LogP contribution in [0.5, 0.6) is 5.88 Å². The first-order valence-corrected chi connectivity index (χ1v) is 10.3. The van der Waals surface area contributed by atoms with Crippen molar-refractivity contribution < 1.29 is 19.1 Å². The van der Waals surface area contributed by atoms with Crippen LogP contribution in [0, 0.1) is 0 Å². The minimum Gasteiger partial charge on any atom is -0.479 e. The van der Waals surface area contributed by atoms with Crippen LogP contribution >= 0.6 is 11.3 Å². The number of aromatic nitrogens is 2. The Morgan fingerprint density at radius 2 is 2.03 bits per heavy atom. The van der Waals surface area contributed by atoms with Gasteiger partial charge >= 0.3 is 5.97 Å². The third-order valence-corrected chi connectivity index (χ3v) is 6.25. The summed E-state index contributed by atoms with van der Waals surface area (Å²) in [6.45, 7) is 10.4. The highest BCUT2D eigenvalue weighted by atomic mass is 32.1. The van der Waals surface area contributed by atoms with Crippen LogP contribution in [0.3, 0.4) is 0 Å². The summed E-state index contributed by atoms with van der Waals surface area (Å²) in [4.78, 5) is 26.8. The molecule has 2 N–H and O–H groups in total. The van der Waals surface area contributed by atoms with Crippen molar-refractivity contribution in [2.24, 2.45) is 7.05 Å². The number of nitrogens with zero attached hydrogens (tertiary/aromatic N) is 2. The van der Waals surface area contributed by atoms with Crippen LogP contribution in [-0.2, 0) is 23.7 Å². The van der Waals surface area contributed by atoms with Crippen molar-refractivity contribution in [2.45, 2.75) is 52.1 Å². The first kappa shape index (κ1) is 21.3. The lowest BCUT2D eigenvalue weighted by Crippen LogP contribution is -2.55. The van der Waals surface area contributed by atoms with Crippen LogP contribution in [0.2, 0.25) is 0 Å². The zero-order valence-electron chi connectivity index (χ0n) is 17.9. The number of ether oxygens (including phenoxy) is 2. The molecular weight excluding hydrogens is 392 g/mol. The van der Waals surface area contributed by atoms with Crippen LogP contribution in [0.1, 0.15) is 65.8 Å².